The van der Waals surface area contributed by atoms with Crippen LogP contribution in [-0.2, 0) is 19.7 Å². The Labute approximate surface area is 149 Å². The van der Waals surface area contributed by atoms with E-state index in [2.05, 4.69) is 37.4 Å². The van der Waals surface area contributed by atoms with Gasteiger partial charge in [0.05, 0.1) is 19.3 Å². The lowest BCUT2D eigenvalue weighted by atomic mass is 9.71. The van der Waals surface area contributed by atoms with Gasteiger partial charge in [-0.2, -0.15) is 0 Å². The van der Waals surface area contributed by atoms with Crippen molar-refractivity contribution in [3.63, 3.8) is 0 Å². The summed E-state index contributed by atoms with van der Waals surface area (Å²) in [4.78, 5) is 26.3. The Morgan fingerprint density at radius 2 is 1.92 bits per heavy atom. The highest BCUT2D eigenvalue weighted by Crippen LogP contribution is 2.41. The molecule has 0 radical (unpaired) electrons. The summed E-state index contributed by atoms with van der Waals surface area (Å²) in [7, 11) is 0. The van der Waals surface area contributed by atoms with Crippen LogP contribution in [0.4, 0.5) is 0 Å². The Morgan fingerprint density at radius 3 is 2.68 bits per heavy atom. The van der Waals surface area contributed by atoms with Crippen LogP contribution in [0.3, 0.4) is 0 Å². The van der Waals surface area contributed by atoms with Crippen molar-refractivity contribution >= 4 is 11.8 Å². The number of carbonyl (C=O) groups excluding carboxylic acids is 2. The van der Waals surface area contributed by atoms with Gasteiger partial charge in [0.25, 0.3) is 0 Å². The van der Waals surface area contributed by atoms with Crippen LogP contribution in [0.1, 0.15) is 56.7 Å². The first-order valence-corrected chi connectivity index (χ1v) is 9.22. The number of morpholine rings is 1. The van der Waals surface area contributed by atoms with E-state index in [1.807, 2.05) is 6.07 Å². The maximum atomic E-state index is 12.4. The number of hydrogen-bond acceptors (Lipinski definition) is 3. The van der Waals surface area contributed by atoms with Crippen molar-refractivity contribution in [2.24, 2.45) is 0 Å². The van der Waals surface area contributed by atoms with Crippen LogP contribution in [0.2, 0.25) is 0 Å². The molecule has 2 amide bonds. The molecule has 5 heteroatoms. The molecule has 0 aromatic heterocycles. The van der Waals surface area contributed by atoms with Gasteiger partial charge in [-0.3, -0.25) is 9.59 Å². The largest absolute Gasteiger partial charge is 0.378 e. The van der Waals surface area contributed by atoms with Gasteiger partial charge in [-0.1, -0.05) is 38.1 Å². The number of nitrogens with one attached hydrogen (secondary N) is 1. The van der Waals surface area contributed by atoms with Crippen LogP contribution in [0.5, 0.6) is 0 Å². The molecule has 1 aromatic rings. The molecule has 1 heterocycles. The Bertz CT molecular complexity index is 636. The molecule has 1 saturated heterocycles. The molecule has 2 aliphatic rings. The molecular formula is C20H28N2O3. The normalized spacial score (nSPS) is 22.2. The standard InChI is InChI=1S/C20H28N2O3/c1-20(2)10-9-17(15-5-3-4-6-16(15)20)21-18(23)7-8-19(24)22-11-13-25-14-12-22/h3-6,17H,7-14H2,1-2H3,(H,21,23)/t17-/m0/s1. The number of fused-ring (bicyclic) bond motifs is 1. The first-order chi connectivity index (χ1) is 12.0. The topological polar surface area (TPSA) is 58.6 Å². The Kier molecular flexibility index (Phi) is 5.42. The highest BCUT2D eigenvalue weighted by atomic mass is 16.5. The lowest BCUT2D eigenvalue weighted by molar-refractivity contribution is -0.137. The summed E-state index contributed by atoms with van der Waals surface area (Å²) in [6.07, 6.45) is 2.50. The summed E-state index contributed by atoms with van der Waals surface area (Å²) in [6.45, 7) is 6.95. The van der Waals surface area contributed by atoms with E-state index in [0.717, 1.165) is 12.8 Å². The van der Waals surface area contributed by atoms with E-state index >= 15 is 0 Å². The van der Waals surface area contributed by atoms with E-state index in [0.29, 0.717) is 26.3 Å². The van der Waals surface area contributed by atoms with Crippen molar-refractivity contribution in [2.75, 3.05) is 26.3 Å². The Balaban J connectivity index is 1.55. The summed E-state index contributed by atoms with van der Waals surface area (Å²) in [5, 5.41) is 3.14. The van der Waals surface area contributed by atoms with Gasteiger partial charge in [0.15, 0.2) is 0 Å². The van der Waals surface area contributed by atoms with E-state index in [9.17, 15) is 9.59 Å². The molecule has 1 fully saturated rings. The van der Waals surface area contributed by atoms with Crippen LogP contribution < -0.4 is 5.32 Å². The molecule has 0 bridgehead atoms. The van der Waals surface area contributed by atoms with Gasteiger partial charge >= 0.3 is 0 Å². The Hall–Kier alpha value is -1.88. The molecule has 1 N–H and O–H groups in total. The summed E-state index contributed by atoms with van der Waals surface area (Å²) >= 11 is 0. The zero-order valence-corrected chi connectivity index (χ0v) is 15.2. The van der Waals surface area contributed by atoms with Crippen molar-refractivity contribution in [3.8, 4) is 0 Å². The monoisotopic (exact) mass is 344 g/mol. The minimum absolute atomic E-state index is 0.0406. The second-order valence-corrected chi connectivity index (χ2v) is 7.62. The number of rotatable bonds is 4. The smallest absolute Gasteiger partial charge is 0.223 e. The zero-order chi connectivity index (χ0) is 17.9. The second kappa shape index (κ2) is 7.56. The first kappa shape index (κ1) is 17.9. The predicted molar refractivity (Wildman–Crippen MR) is 96.2 cm³/mol. The van der Waals surface area contributed by atoms with Crippen molar-refractivity contribution in [3.05, 3.63) is 35.4 Å². The third-order valence-corrected chi connectivity index (χ3v) is 5.39. The number of benzene rings is 1. The molecule has 1 aromatic carbocycles. The summed E-state index contributed by atoms with van der Waals surface area (Å²) in [5.41, 5.74) is 2.67. The quantitative estimate of drug-likeness (QED) is 0.913. The zero-order valence-electron chi connectivity index (χ0n) is 15.2. The molecule has 5 nitrogen and oxygen atoms in total. The van der Waals surface area contributed by atoms with E-state index in [1.54, 1.807) is 4.90 Å². The van der Waals surface area contributed by atoms with Crippen molar-refractivity contribution in [1.29, 1.82) is 0 Å². The average Bonchev–Trinajstić information content (AvgIpc) is 2.63. The SMILES string of the molecule is CC1(C)CC[C@H](NC(=O)CCC(=O)N2CCOCC2)c2ccccc21. The van der Waals surface area contributed by atoms with Crippen LogP contribution in [-0.4, -0.2) is 43.0 Å². The number of nitrogens with zero attached hydrogens (tertiary/aromatic N) is 1. The van der Waals surface area contributed by atoms with E-state index in [-0.39, 0.29) is 36.1 Å². The minimum Gasteiger partial charge on any atom is -0.378 e. The van der Waals surface area contributed by atoms with Gasteiger partial charge in [-0.25, -0.2) is 0 Å². The van der Waals surface area contributed by atoms with Crippen LogP contribution in [0, 0.1) is 0 Å². The molecule has 0 unspecified atom stereocenters. The van der Waals surface area contributed by atoms with E-state index in [4.69, 9.17) is 4.74 Å². The number of carbonyl (C=O) groups is 2. The molecule has 1 aliphatic carbocycles. The highest BCUT2D eigenvalue weighted by Gasteiger charge is 2.32. The van der Waals surface area contributed by atoms with Gasteiger partial charge in [0.2, 0.25) is 11.8 Å². The fourth-order valence-electron chi connectivity index (χ4n) is 3.82. The van der Waals surface area contributed by atoms with Crippen molar-refractivity contribution in [2.45, 2.75) is 51.0 Å². The summed E-state index contributed by atoms with van der Waals surface area (Å²) in [5.74, 6) is 0.00439. The summed E-state index contributed by atoms with van der Waals surface area (Å²) < 4.78 is 5.25. The Morgan fingerprint density at radius 1 is 1.20 bits per heavy atom. The third kappa shape index (κ3) is 4.21. The molecule has 136 valence electrons. The molecule has 1 atom stereocenters. The first-order valence-electron chi connectivity index (χ1n) is 9.22. The van der Waals surface area contributed by atoms with Gasteiger partial charge in [0, 0.05) is 25.9 Å². The molecule has 0 spiro atoms. The van der Waals surface area contributed by atoms with Gasteiger partial charge in [-0.15, -0.1) is 0 Å². The van der Waals surface area contributed by atoms with Gasteiger partial charge in [0.1, 0.15) is 0 Å². The maximum absolute atomic E-state index is 12.4. The van der Waals surface area contributed by atoms with Crippen LogP contribution >= 0.6 is 0 Å². The second-order valence-electron chi connectivity index (χ2n) is 7.62. The third-order valence-electron chi connectivity index (χ3n) is 5.39. The molecular weight excluding hydrogens is 316 g/mol. The lowest BCUT2D eigenvalue weighted by Gasteiger charge is -2.37. The van der Waals surface area contributed by atoms with Crippen LogP contribution in [0.25, 0.3) is 0 Å². The van der Waals surface area contributed by atoms with Crippen molar-refractivity contribution in [1.82, 2.24) is 10.2 Å². The van der Waals surface area contributed by atoms with E-state index < -0.39 is 0 Å². The summed E-state index contributed by atoms with van der Waals surface area (Å²) in [6, 6.07) is 8.42. The maximum Gasteiger partial charge on any atom is 0.223 e. The van der Waals surface area contributed by atoms with Crippen LogP contribution in [0.15, 0.2) is 24.3 Å². The fourth-order valence-corrected chi connectivity index (χ4v) is 3.82. The van der Waals surface area contributed by atoms with Gasteiger partial charge < -0.3 is 15.0 Å². The van der Waals surface area contributed by atoms with Gasteiger partial charge in [-0.05, 0) is 29.4 Å². The molecule has 0 saturated carbocycles. The number of amides is 2. The predicted octanol–water partition coefficient (Wildman–Crippen LogP) is 2.55. The minimum atomic E-state index is -0.0406. The number of hydrogen-bond donors (Lipinski definition) is 1. The lowest BCUT2D eigenvalue weighted by Crippen LogP contribution is -2.41. The highest BCUT2D eigenvalue weighted by molar-refractivity contribution is 5.84. The van der Waals surface area contributed by atoms with Crippen molar-refractivity contribution < 1.29 is 14.3 Å². The molecule has 25 heavy (non-hydrogen) atoms. The number of ether oxygens (including phenoxy) is 1. The average molecular weight is 344 g/mol. The fraction of sp³-hybridized carbons (Fsp3) is 0.600. The molecule has 1 aliphatic heterocycles. The molecule has 3 rings (SSSR count). The van der Waals surface area contributed by atoms with E-state index in [1.165, 1.54) is 11.1 Å².